The van der Waals surface area contributed by atoms with Crippen molar-refractivity contribution in [3.8, 4) is 23.0 Å². The summed E-state index contributed by atoms with van der Waals surface area (Å²) in [6.45, 7) is 0.594. The van der Waals surface area contributed by atoms with Gasteiger partial charge in [-0.1, -0.05) is 47.7 Å². The van der Waals surface area contributed by atoms with Crippen molar-refractivity contribution in [2.45, 2.75) is 13.0 Å². The van der Waals surface area contributed by atoms with Gasteiger partial charge in [0.15, 0.2) is 16.6 Å². The first-order chi connectivity index (χ1) is 16.2. The second-order valence-electron chi connectivity index (χ2n) is 7.47. The largest absolute Gasteiger partial charge is 0.495 e. The predicted octanol–water partition coefficient (Wildman–Crippen LogP) is 4.82. The van der Waals surface area contributed by atoms with Gasteiger partial charge in [0.1, 0.15) is 21.7 Å². The van der Waals surface area contributed by atoms with Gasteiger partial charge in [-0.15, -0.1) is 0 Å². The van der Waals surface area contributed by atoms with E-state index in [1.54, 1.807) is 19.1 Å². The number of thiazole rings is 1. The van der Waals surface area contributed by atoms with Crippen LogP contribution in [0.4, 0.5) is 5.13 Å². The fourth-order valence-electron chi connectivity index (χ4n) is 3.74. The van der Waals surface area contributed by atoms with E-state index in [9.17, 15) is 4.79 Å². The molecule has 1 aliphatic rings. The van der Waals surface area contributed by atoms with Crippen molar-refractivity contribution in [1.82, 2.24) is 4.98 Å². The van der Waals surface area contributed by atoms with Crippen molar-refractivity contribution in [2.24, 2.45) is 0 Å². The number of benzene rings is 3. The Bertz CT molecular complexity index is 1260. The first kappa shape index (κ1) is 21.1. The summed E-state index contributed by atoms with van der Waals surface area (Å²) in [4.78, 5) is 20.1. The quantitative estimate of drug-likeness (QED) is 0.392. The number of rotatable bonds is 7. The number of hydrogen-bond acceptors (Lipinski definition) is 7. The molecule has 0 N–H and O–H groups in total. The zero-order chi connectivity index (χ0) is 22.8. The van der Waals surface area contributed by atoms with Crippen LogP contribution in [0.3, 0.4) is 0 Å². The van der Waals surface area contributed by atoms with E-state index in [1.165, 1.54) is 11.3 Å². The lowest BCUT2D eigenvalue weighted by Crippen LogP contribution is -2.31. The van der Waals surface area contributed by atoms with E-state index < -0.39 is 0 Å². The average molecular weight is 463 g/mol. The van der Waals surface area contributed by atoms with Gasteiger partial charge in [0.05, 0.1) is 27.2 Å². The summed E-state index contributed by atoms with van der Waals surface area (Å²) in [5.41, 5.74) is 2.53. The maximum atomic E-state index is 13.6. The lowest BCUT2D eigenvalue weighted by Gasteiger charge is -2.20. The first-order valence-corrected chi connectivity index (χ1v) is 11.2. The third-order valence-electron chi connectivity index (χ3n) is 5.41. The van der Waals surface area contributed by atoms with Crippen molar-refractivity contribution in [3.05, 3.63) is 71.8 Å². The number of carbonyl (C=O) groups excluding carboxylic acids is 1. The van der Waals surface area contributed by atoms with Gasteiger partial charge >= 0.3 is 0 Å². The third kappa shape index (κ3) is 4.17. The Balaban J connectivity index is 1.52. The molecule has 0 aliphatic carbocycles. The molecule has 7 nitrogen and oxygen atoms in total. The molecule has 3 aromatic carbocycles. The van der Waals surface area contributed by atoms with Gasteiger partial charge < -0.3 is 18.9 Å². The second-order valence-corrected chi connectivity index (χ2v) is 8.45. The second kappa shape index (κ2) is 8.99. The molecular weight excluding hydrogens is 440 g/mol. The highest BCUT2D eigenvalue weighted by Gasteiger charge is 2.24. The minimum atomic E-state index is -0.0743. The number of nitrogens with zero attached hydrogens (tertiary/aromatic N) is 2. The Kier molecular flexibility index (Phi) is 5.75. The number of methoxy groups -OCH3 is 2. The molecule has 0 bridgehead atoms. The molecule has 4 aromatic rings. The molecule has 2 heterocycles. The lowest BCUT2D eigenvalue weighted by molar-refractivity contribution is -0.118. The van der Waals surface area contributed by atoms with Crippen LogP contribution in [0.2, 0.25) is 0 Å². The van der Waals surface area contributed by atoms with Crippen LogP contribution in [0.15, 0.2) is 60.7 Å². The van der Waals surface area contributed by atoms with Crippen LogP contribution < -0.4 is 23.8 Å². The maximum absolute atomic E-state index is 13.6. The van der Waals surface area contributed by atoms with Crippen LogP contribution >= 0.6 is 11.3 Å². The number of hydrogen-bond donors (Lipinski definition) is 0. The van der Waals surface area contributed by atoms with Crippen LogP contribution in [0.5, 0.6) is 23.0 Å². The van der Waals surface area contributed by atoms with Crippen LogP contribution in [0, 0.1) is 0 Å². The van der Waals surface area contributed by atoms with Crippen LogP contribution in [0.25, 0.3) is 10.2 Å². The molecule has 1 aliphatic heterocycles. The molecular formula is C25H22N2O5S. The SMILES string of the molecule is COc1ccc(OC)c2sc(N(Cc3ccccc3)C(=O)Cc3ccc4c(c3)OCO4)nc12. The zero-order valence-electron chi connectivity index (χ0n) is 18.2. The summed E-state index contributed by atoms with van der Waals surface area (Å²) >= 11 is 1.41. The lowest BCUT2D eigenvalue weighted by atomic mass is 10.1. The molecule has 8 heteroatoms. The first-order valence-electron chi connectivity index (χ1n) is 10.4. The molecule has 0 saturated carbocycles. The molecule has 33 heavy (non-hydrogen) atoms. The van der Waals surface area contributed by atoms with Gasteiger partial charge in [-0.2, -0.15) is 0 Å². The van der Waals surface area contributed by atoms with E-state index >= 15 is 0 Å². The van der Waals surface area contributed by atoms with Crippen molar-refractivity contribution in [2.75, 3.05) is 25.9 Å². The fraction of sp³-hybridized carbons (Fsp3) is 0.200. The monoisotopic (exact) mass is 462 g/mol. The summed E-state index contributed by atoms with van der Waals surface area (Å²) in [7, 11) is 3.22. The molecule has 0 unspecified atom stereocenters. The van der Waals surface area contributed by atoms with Gasteiger partial charge in [-0.3, -0.25) is 9.69 Å². The van der Waals surface area contributed by atoms with E-state index in [4.69, 9.17) is 23.9 Å². The Labute approximate surface area is 195 Å². The smallest absolute Gasteiger partial charge is 0.233 e. The zero-order valence-corrected chi connectivity index (χ0v) is 19.1. The van der Waals surface area contributed by atoms with Gasteiger partial charge in [0.25, 0.3) is 0 Å². The Morgan fingerprint density at radius 1 is 0.970 bits per heavy atom. The van der Waals surface area contributed by atoms with E-state index in [0.717, 1.165) is 15.8 Å². The van der Waals surface area contributed by atoms with Crippen molar-refractivity contribution in [1.29, 1.82) is 0 Å². The van der Waals surface area contributed by atoms with Crippen LogP contribution in [-0.4, -0.2) is 31.9 Å². The predicted molar refractivity (Wildman–Crippen MR) is 127 cm³/mol. The Morgan fingerprint density at radius 2 is 1.73 bits per heavy atom. The Hall–Kier alpha value is -3.78. The van der Waals surface area contributed by atoms with Crippen LogP contribution in [-0.2, 0) is 17.8 Å². The summed E-state index contributed by atoms with van der Waals surface area (Å²) < 4.78 is 22.7. The van der Waals surface area contributed by atoms with Crippen molar-refractivity contribution >= 4 is 32.6 Å². The topological polar surface area (TPSA) is 70.1 Å². The molecule has 0 saturated heterocycles. The summed E-state index contributed by atoms with van der Waals surface area (Å²) in [5.74, 6) is 2.60. The van der Waals surface area contributed by atoms with E-state index in [0.29, 0.717) is 40.2 Å². The normalized spacial score (nSPS) is 12.1. The van der Waals surface area contributed by atoms with Crippen LogP contribution in [0.1, 0.15) is 11.1 Å². The van der Waals surface area contributed by atoms with E-state index in [1.807, 2.05) is 60.7 Å². The molecule has 0 atom stereocenters. The maximum Gasteiger partial charge on any atom is 0.233 e. The highest BCUT2D eigenvalue weighted by Crippen LogP contribution is 2.40. The number of ether oxygens (including phenoxy) is 4. The highest BCUT2D eigenvalue weighted by atomic mass is 32.1. The summed E-state index contributed by atoms with van der Waals surface area (Å²) in [5, 5.41) is 0.586. The molecule has 1 aromatic heterocycles. The average Bonchev–Trinajstić information content (AvgIpc) is 3.49. The molecule has 1 amide bonds. The molecule has 0 radical (unpaired) electrons. The number of amides is 1. The molecule has 168 valence electrons. The van der Waals surface area contributed by atoms with E-state index in [2.05, 4.69) is 0 Å². The van der Waals surface area contributed by atoms with Crippen molar-refractivity contribution in [3.63, 3.8) is 0 Å². The molecule has 5 rings (SSSR count). The number of fused-ring (bicyclic) bond motifs is 2. The number of anilines is 1. The van der Waals surface area contributed by atoms with Crippen molar-refractivity contribution < 1.29 is 23.7 Å². The third-order valence-corrected chi connectivity index (χ3v) is 6.50. The van der Waals surface area contributed by atoms with E-state index in [-0.39, 0.29) is 19.1 Å². The standard InChI is InChI=1S/C25H22N2O5S/c1-29-19-10-11-20(30-2)24-23(19)26-25(33-24)27(14-16-6-4-3-5-7-16)22(28)13-17-8-9-18-21(12-17)32-15-31-18/h3-12H,13-15H2,1-2H3. The highest BCUT2D eigenvalue weighted by molar-refractivity contribution is 7.22. The number of carbonyl (C=O) groups is 1. The van der Waals surface area contributed by atoms with Gasteiger partial charge in [-0.05, 0) is 35.4 Å². The van der Waals surface area contributed by atoms with Gasteiger partial charge in [0.2, 0.25) is 12.7 Å². The minimum Gasteiger partial charge on any atom is -0.495 e. The molecule has 0 spiro atoms. The minimum absolute atomic E-state index is 0.0743. The summed E-state index contributed by atoms with van der Waals surface area (Å²) in [6, 6.07) is 19.1. The van der Waals surface area contributed by atoms with Gasteiger partial charge in [-0.25, -0.2) is 4.98 Å². The fourth-order valence-corrected chi connectivity index (χ4v) is 4.83. The molecule has 0 fully saturated rings. The number of aromatic nitrogens is 1. The van der Waals surface area contributed by atoms with Gasteiger partial charge in [0, 0.05) is 0 Å². The Morgan fingerprint density at radius 3 is 2.52 bits per heavy atom. The summed E-state index contributed by atoms with van der Waals surface area (Å²) in [6.07, 6.45) is 0.202.